The Morgan fingerprint density at radius 3 is 2.53 bits per heavy atom. The van der Waals surface area contributed by atoms with Crippen LogP contribution >= 0.6 is 0 Å². The van der Waals surface area contributed by atoms with Crippen LogP contribution in [0, 0.1) is 0 Å². The van der Waals surface area contributed by atoms with E-state index in [-0.39, 0.29) is 17.0 Å². The molecule has 1 N–H and O–H groups in total. The molecule has 0 bridgehead atoms. The van der Waals surface area contributed by atoms with E-state index in [2.05, 4.69) is 10.1 Å². The zero-order valence-electron chi connectivity index (χ0n) is 7.87. The monoisotopic (exact) mass is 205 g/mol. The van der Waals surface area contributed by atoms with Gasteiger partial charge >= 0.3 is 11.9 Å². The van der Waals surface area contributed by atoms with E-state index >= 15 is 0 Å². The Labute approximate surface area is 85.0 Å². The van der Waals surface area contributed by atoms with Crippen LogP contribution in [-0.4, -0.2) is 24.9 Å². The molecule has 0 saturated carbocycles. The van der Waals surface area contributed by atoms with E-state index in [1.807, 2.05) is 0 Å². The molecule has 0 atom stereocenters. The Morgan fingerprint density at radius 2 is 1.87 bits per heavy atom. The van der Waals surface area contributed by atoms with Crippen molar-refractivity contribution in [3.05, 3.63) is 34.9 Å². The molecule has 1 amide bonds. The fourth-order valence-corrected chi connectivity index (χ4v) is 1.37. The zero-order chi connectivity index (χ0) is 11.0. The number of fused-ring (bicyclic) bond motifs is 1. The summed E-state index contributed by atoms with van der Waals surface area (Å²) < 4.78 is 4.39. The summed E-state index contributed by atoms with van der Waals surface area (Å²) in [6.45, 7) is 0. The van der Waals surface area contributed by atoms with Crippen LogP contribution in [0.1, 0.15) is 31.1 Å². The minimum Gasteiger partial charge on any atom is -0.386 e. The highest BCUT2D eigenvalue weighted by molar-refractivity contribution is 6.15. The number of benzene rings is 1. The smallest absolute Gasteiger partial charge is 0.346 e. The van der Waals surface area contributed by atoms with Gasteiger partial charge in [0.05, 0.1) is 11.1 Å². The molecule has 0 saturated heterocycles. The van der Waals surface area contributed by atoms with Gasteiger partial charge in [0.15, 0.2) is 0 Å². The van der Waals surface area contributed by atoms with Crippen molar-refractivity contribution in [1.82, 2.24) is 5.32 Å². The van der Waals surface area contributed by atoms with E-state index in [0.717, 1.165) is 0 Å². The number of hydrogen-bond donors (Lipinski definition) is 1. The summed E-state index contributed by atoms with van der Waals surface area (Å²) in [7, 11) is 1.49. The van der Waals surface area contributed by atoms with Gasteiger partial charge < -0.3 is 10.1 Å². The number of ether oxygens (including phenoxy) is 1. The summed E-state index contributed by atoms with van der Waals surface area (Å²) in [5.74, 6) is -1.69. The number of carbonyl (C=O) groups is 3. The minimum atomic E-state index is -0.708. The van der Waals surface area contributed by atoms with Crippen molar-refractivity contribution < 1.29 is 19.1 Å². The molecule has 5 nitrogen and oxygen atoms in total. The molecule has 76 valence electrons. The Balaban J connectivity index is 2.52. The molecule has 5 heteroatoms. The van der Waals surface area contributed by atoms with Crippen LogP contribution in [0.25, 0.3) is 0 Å². The highest BCUT2D eigenvalue weighted by Crippen LogP contribution is 2.20. The van der Waals surface area contributed by atoms with Crippen molar-refractivity contribution >= 4 is 17.8 Å². The first-order valence-corrected chi connectivity index (χ1v) is 4.26. The third-order valence-electron chi connectivity index (χ3n) is 2.13. The van der Waals surface area contributed by atoms with Gasteiger partial charge in [-0.2, -0.15) is 0 Å². The molecule has 0 spiro atoms. The normalized spacial score (nSPS) is 13.4. The summed E-state index contributed by atoms with van der Waals surface area (Å²) in [4.78, 5) is 33.5. The largest absolute Gasteiger partial charge is 0.386 e. The number of carbonyl (C=O) groups excluding carboxylic acids is 3. The Bertz CT molecular complexity index is 478. The van der Waals surface area contributed by atoms with E-state index in [1.165, 1.54) is 25.2 Å². The Hall–Kier alpha value is -2.17. The van der Waals surface area contributed by atoms with Crippen molar-refractivity contribution in [2.75, 3.05) is 7.05 Å². The summed E-state index contributed by atoms with van der Waals surface area (Å²) in [6.07, 6.45) is 0. The molecule has 1 aliphatic rings. The molecule has 0 aliphatic carbocycles. The Kier molecular flexibility index (Phi) is 2.00. The minimum absolute atomic E-state index is 0.140. The van der Waals surface area contributed by atoms with E-state index in [9.17, 15) is 14.4 Å². The van der Waals surface area contributed by atoms with Gasteiger partial charge in [-0.3, -0.25) is 4.79 Å². The third-order valence-corrected chi connectivity index (χ3v) is 2.13. The van der Waals surface area contributed by atoms with Crippen LogP contribution in [0.2, 0.25) is 0 Å². The van der Waals surface area contributed by atoms with Gasteiger partial charge in [-0.05, 0) is 18.2 Å². The molecule has 0 unspecified atom stereocenters. The topological polar surface area (TPSA) is 72.5 Å². The molecule has 15 heavy (non-hydrogen) atoms. The van der Waals surface area contributed by atoms with Crippen LogP contribution in [0.15, 0.2) is 18.2 Å². The van der Waals surface area contributed by atoms with E-state index in [4.69, 9.17) is 0 Å². The number of hydrogen-bond acceptors (Lipinski definition) is 4. The van der Waals surface area contributed by atoms with Gasteiger partial charge in [0, 0.05) is 12.6 Å². The second-order valence-electron chi connectivity index (χ2n) is 3.02. The van der Waals surface area contributed by atoms with Crippen molar-refractivity contribution in [2.45, 2.75) is 0 Å². The van der Waals surface area contributed by atoms with Gasteiger partial charge in [-0.1, -0.05) is 0 Å². The average molecular weight is 205 g/mol. The number of rotatable bonds is 1. The molecule has 0 radical (unpaired) electrons. The second kappa shape index (κ2) is 3.20. The molecule has 1 aromatic rings. The fourth-order valence-electron chi connectivity index (χ4n) is 1.37. The quantitative estimate of drug-likeness (QED) is 0.530. The first-order valence-electron chi connectivity index (χ1n) is 4.26. The van der Waals surface area contributed by atoms with Crippen molar-refractivity contribution in [2.24, 2.45) is 0 Å². The van der Waals surface area contributed by atoms with Crippen molar-refractivity contribution in [1.29, 1.82) is 0 Å². The summed E-state index contributed by atoms with van der Waals surface area (Å²) >= 11 is 0. The SMILES string of the molecule is CNC(=O)c1ccc2c(c1)C(=O)OC2=O. The predicted octanol–water partition coefficient (Wildman–Crippen LogP) is 0.357. The number of esters is 2. The van der Waals surface area contributed by atoms with Crippen molar-refractivity contribution in [3.8, 4) is 0 Å². The maximum absolute atomic E-state index is 11.3. The number of amides is 1. The first kappa shape index (κ1) is 9.39. The third kappa shape index (κ3) is 1.38. The molecular formula is C10H7NO4. The highest BCUT2D eigenvalue weighted by atomic mass is 16.6. The fraction of sp³-hybridized carbons (Fsp3) is 0.100. The summed E-state index contributed by atoms with van der Waals surface area (Å²) in [6, 6.07) is 4.23. The van der Waals surface area contributed by atoms with Gasteiger partial charge in [0.25, 0.3) is 5.91 Å². The van der Waals surface area contributed by atoms with Gasteiger partial charge in [-0.15, -0.1) is 0 Å². The number of cyclic esters (lactones) is 2. The van der Waals surface area contributed by atoms with Crippen LogP contribution in [0.5, 0.6) is 0 Å². The lowest BCUT2D eigenvalue weighted by Gasteiger charge is -1.99. The lowest BCUT2D eigenvalue weighted by molar-refractivity contribution is 0.0443. The highest BCUT2D eigenvalue weighted by Gasteiger charge is 2.30. The van der Waals surface area contributed by atoms with Crippen LogP contribution in [-0.2, 0) is 4.74 Å². The number of nitrogens with one attached hydrogen (secondary N) is 1. The zero-order valence-corrected chi connectivity index (χ0v) is 7.87. The Morgan fingerprint density at radius 1 is 1.20 bits per heavy atom. The molecular weight excluding hydrogens is 198 g/mol. The molecule has 1 aromatic carbocycles. The van der Waals surface area contributed by atoms with E-state index < -0.39 is 11.9 Å². The van der Waals surface area contributed by atoms with Crippen LogP contribution in [0.3, 0.4) is 0 Å². The maximum Gasteiger partial charge on any atom is 0.346 e. The molecule has 0 fully saturated rings. The summed E-state index contributed by atoms with van der Waals surface area (Å²) in [5, 5.41) is 2.42. The lowest BCUT2D eigenvalue weighted by Crippen LogP contribution is -2.18. The summed E-state index contributed by atoms with van der Waals surface area (Å²) in [5.41, 5.74) is 0.664. The molecule has 1 aliphatic heterocycles. The van der Waals surface area contributed by atoms with Crippen molar-refractivity contribution in [3.63, 3.8) is 0 Å². The lowest BCUT2D eigenvalue weighted by atomic mass is 10.1. The van der Waals surface area contributed by atoms with Gasteiger partial charge in [-0.25, -0.2) is 9.59 Å². The van der Waals surface area contributed by atoms with Gasteiger partial charge in [0.2, 0.25) is 0 Å². The van der Waals surface area contributed by atoms with Crippen LogP contribution < -0.4 is 5.32 Å². The molecule has 2 rings (SSSR count). The van der Waals surface area contributed by atoms with Gasteiger partial charge in [0.1, 0.15) is 0 Å². The maximum atomic E-state index is 11.3. The predicted molar refractivity (Wildman–Crippen MR) is 49.6 cm³/mol. The van der Waals surface area contributed by atoms with Crippen LogP contribution in [0.4, 0.5) is 0 Å². The first-order chi connectivity index (χ1) is 7.13. The van der Waals surface area contributed by atoms with E-state index in [1.54, 1.807) is 0 Å². The van der Waals surface area contributed by atoms with E-state index in [0.29, 0.717) is 5.56 Å². The second-order valence-corrected chi connectivity index (χ2v) is 3.02. The average Bonchev–Trinajstić information content (AvgIpc) is 2.53. The molecule has 0 aromatic heterocycles. The molecule has 1 heterocycles. The standard InChI is InChI=1S/C10H7NO4/c1-11-8(12)5-2-3-6-7(4-5)10(14)15-9(6)13/h2-4H,1H3,(H,11,12).